The van der Waals surface area contributed by atoms with Crippen molar-refractivity contribution in [2.75, 3.05) is 25.9 Å². The quantitative estimate of drug-likeness (QED) is 0.434. The van der Waals surface area contributed by atoms with Crippen molar-refractivity contribution < 1.29 is 9.59 Å². The Balaban J connectivity index is 1.71. The predicted molar refractivity (Wildman–Crippen MR) is 94.6 cm³/mol. The highest BCUT2D eigenvalue weighted by Gasteiger charge is 2.26. The van der Waals surface area contributed by atoms with E-state index in [0.717, 1.165) is 11.2 Å². The van der Waals surface area contributed by atoms with E-state index in [1.54, 1.807) is 7.05 Å². The van der Waals surface area contributed by atoms with E-state index in [1.165, 1.54) is 29.9 Å². The van der Waals surface area contributed by atoms with Crippen LogP contribution in [0.25, 0.3) is 0 Å². The highest BCUT2D eigenvalue weighted by atomic mass is 32.2. The van der Waals surface area contributed by atoms with Crippen LogP contribution >= 0.6 is 11.8 Å². The molecule has 1 heterocycles. The number of nitrogens with one attached hydrogen (secondary N) is 2. The van der Waals surface area contributed by atoms with Gasteiger partial charge in [0.1, 0.15) is 0 Å². The minimum absolute atomic E-state index is 0.0544. The van der Waals surface area contributed by atoms with Gasteiger partial charge in [0.15, 0.2) is 5.96 Å². The zero-order chi connectivity index (χ0) is 16.7. The summed E-state index contributed by atoms with van der Waals surface area (Å²) in [5.41, 5.74) is 0. The first-order chi connectivity index (χ1) is 11.1. The number of thioether (sulfide) groups is 1. The summed E-state index contributed by atoms with van der Waals surface area (Å²) in [4.78, 5) is 29.1. The summed E-state index contributed by atoms with van der Waals surface area (Å²) >= 11 is 2.03. The number of hydrogen-bond acceptors (Lipinski definition) is 4. The molecule has 1 aliphatic heterocycles. The van der Waals surface area contributed by atoms with Gasteiger partial charge in [-0.3, -0.25) is 19.5 Å². The summed E-state index contributed by atoms with van der Waals surface area (Å²) in [6, 6.07) is 0.462. The van der Waals surface area contributed by atoms with E-state index in [4.69, 9.17) is 0 Å². The number of amides is 2. The molecule has 7 heteroatoms. The van der Waals surface area contributed by atoms with Crippen molar-refractivity contribution in [3.63, 3.8) is 0 Å². The molecule has 1 aliphatic carbocycles. The highest BCUT2D eigenvalue weighted by molar-refractivity contribution is 7.99. The maximum atomic E-state index is 11.8. The van der Waals surface area contributed by atoms with Crippen LogP contribution in [-0.4, -0.2) is 59.9 Å². The molecule has 23 heavy (non-hydrogen) atoms. The third-order valence-electron chi connectivity index (χ3n) is 4.36. The number of carbonyl (C=O) groups is 2. The average molecular weight is 340 g/mol. The predicted octanol–water partition coefficient (Wildman–Crippen LogP) is 1.36. The Hall–Kier alpha value is -1.24. The largest absolute Gasteiger partial charge is 0.355 e. The monoisotopic (exact) mass is 340 g/mol. The van der Waals surface area contributed by atoms with Gasteiger partial charge in [-0.25, -0.2) is 0 Å². The van der Waals surface area contributed by atoms with Crippen LogP contribution in [0.4, 0.5) is 0 Å². The van der Waals surface area contributed by atoms with Crippen LogP contribution in [0.15, 0.2) is 4.99 Å². The van der Waals surface area contributed by atoms with Crippen LogP contribution in [-0.2, 0) is 9.59 Å². The smallest absolute Gasteiger partial charge is 0.229 e. The zero-order valence-electron chi connectivity index (χ0n) is 14.1. The van der Waals surface area contributed by atoms with Crippen LogP contribution < -0.4 is 10.6 Å². The summed E-state index contributed by atoms with van der Waals surface area (Å²) in [6.07, 6.45) is 5.24. The molecule has 0 aromatic carbocycles. The normalized spacial score (nSPS) is 25.8. The van der Waals surface area contributed by atoms with Crippen molar-refractivity contribution >= 4 is 29.5 Å². The maximum Gasteiger partial charge on any atom is 0.229 e. The number of aliphatic imine (C=N–C) groups is 1. The fraction of sp³-hybridized carbons (Fsp3) is 0.812. The molecular weight excluding hydrogens is 312 g/mol. The number of rotatable bonds is 6. The van der Waals surface area contributed by atoms with Gasteiger partial charge in [-0.05, 0) is 31.4 Å². The second kappa shape index (κ2) is 9.15. The second-order valence-corrected chi connectivity index (χ2v) is 7.60. The Bertz CT molecular complexity index is 439. The number of imide groups is 1. The molecule has 2 unspecified atom stereocenters. The number of likely N-dealkylation sites (tertiary alicyclic amines) is 1. The lowest BCUT2D eigenvalue weighted by Gasteiger charge is -2.25. The first-order valence-corrected chi connectivity index (χ1v) is 9.61. The van der Waals surface area contributed by atoms with Crippen molar-refractivity contribution in [3.8, 4) is 0 Å². The number of carbonyl (C=O) groups excluding carboxylic acids is 2. The van der Waals surface area contributed by atoms with Gasteiger partial charge in [-0.15, -0.1) is 0 Å². The van der Waals surface area contributed by atoms with Crippen molar-refractivity contribution in [2.24, 2.45) is 4.99 Å². The molecule has 130 valence electrons. The van der Waals surface area contributed by atoms with Gasteiger partial charge in [0.25, 0.3) is 0 Å². The van der Waals surface area contributed by atoms with Crippen LogP contribution in [0.5, 0.6) is 0 Å². The van der Waals surface area contributed by atoms with E-state index in [2.05, 4.69) is 22.5 Å². The van der Waals surface area contributed by atoms with E-state index >= 15 is 0 Å². The van der Waals surface area contributed by atoms with Crippen LogP contribution in [0.3, 0.4) is 0 Å². The van der Waals surface area contributed by atoms with Gasteiger partial charge >= 0.3 is 0 Å². The van der Waals surface area contributed by atoms with E-state index in [-0.39, 0.29) is 11.8 Å². The molecule has 0 bridgehead atoms. The Morgan fingerprint density at radius 2 is 2.04 bits per heavy atom. The number of nitrogens with zero attached hydrogens (tertiary/aromatic N) is 2. The molecule has 0 aromatic heterocycles. The van der Waals surface area contributed by atoms with Gasteiger partial charge in [0.05, 0.1) is 0 Å². The first kappa shape index (κ1) is 18.1. The summed E-state index contributed by atoms with van der Waals surface area (Å²) in [5.74, 6) is 1.82. The molecule has 0 radical (unpaired) electrons. The zero-order valence-corrected chi connectivity index (χ0v) is 15.0. The fourth-order valence-electron chi connectivity index (χ4n) is 3.18. The number of guanidine groups is 1. The number of piperidine rings is 1. The van der Waals surface area contributed by atoms with Crippen LogP contribution in [0, 0.1) is 0 Å². The molecule has 2 amide bonds. The molecule has 2 N–H and O–H groups in total. The maximum absolute atomic E-state index is 11.8. The lowest BCUT2D eigenvalue weighted by atomic mass is 10.1. The lowest BCUT2D eigenvalue weighted by Crippen LogP contribution is -2.48. The van der Waals surface area contributed by atoms with Crippen molar-refractivity contribution in [1.82, 2.24) is 15.5 Å². The third-order valence-corrected chi connectivity index (χ3v) is 5.60. The molecule has 0 spiro atoms. The standard InChI is InChI=1S/C16H28N4O2S/c1-3-23-13-8-7-12(11-13)19-16(17-2)18-9-10-20-14(21)5-4-6-15(20)22/h12-13H,3-11H2,1-2H3,(H2,17,18,19). The molecule has 2 rings (SSSR count). The van der Waals surface area contributed by atoms with E-state index in [9.17, 15) is 9.59 Å². The molecule has 1 saturated heterocycles. The second-order valence-electron chi connectivity index (χ2n) is 6.02. The molecule has 2 aliphatic rings. The summed E-state index contributed by atoms with van der Waals surface area (Å²) in [7, 11) is 1.75. The molecule has 2 atom stereocenters. The van der Waals surface area contributed by atoms with Crippen molar-refractivity contribution in [1.29, 1.82) is 0 Å². The summed E-state index contributed by atoms with van der Waals surface area (Å²) < 4.78 is 0. The molecule has 0 aromatic rings. The summed E-state index contributed by atoms with van der Waals surface area (Å²) in [6.45, 7) is 3.16. The Kier molecular flexibility index (Phi) is 7.20. The van der Waals surface area contributed by atoms with Crippen molar-refractivity contribution in [2.45, 2.75) is 56.7 Å². The average Bonchev–Trinajstić information content (AvgIpc) is 2.96. The minimum Gasteiger partial charge on any atom is -0.355 e. The highest BCUT2D eigenvalue weighted by Crippen LogP contribution is 2.29. The van der Waals surface area contributed by atoms with Gasteiger partial charge in [0.2, 0.25) is 11.8 Å². The topological polar surface area (TPSA) is 73.8 Å². The van der Waals surface area contributed by atoms with Crippen molar-refractivity contribution in [3.05, 3.63) is 0 Å². The van der Waals surface area contributed by atoms with E-state index < -0.39 is 0 Å². The third kappa shape index (κ3) is 5.41. The number of hydrogen-bond donors (Lipinski definition) is 2. The molecule has 6 nitrogen and oxygen atoms in total. The molecular formula is C16H28N4O2S. The Morgan fingerprint density at radius 1 is 1.30 bits per heavy atom. The van der Waals surface area contributed by atoms with E-state index in [1.807, 2.05) is 11.8 Å². The minimum atomic E-state index is -0.0544. The van der Waals surface area contributed by atoms with Gasteiger partial charge < -0.3 is 10.6 Å². The Morgan fingerprint density at radius 3 is 2.70 bits per heavy atom. The van der Waals surface area contributed by atoms with Crippen LogP contribution in [0.1, 0.15) is 45.4 Å². The van der Waals surface area contributed by atoms with E-state index in [0.29, 0.717) is 38.4 Å². The lowest BCUT2D eigenvalue weighted by molar-refractivity contribution is -0.147. The van der Waals surface area contributed by atoms with Gasteiger partial charge in [-0.2, -0.15) is 11.8 Å². The van der Waals surface area contributed by atoms with Gasteiger partial charge in [0, 0.05) is 44.3 Å². The first-order valence-electron chi connectivity index (χ1n) is 8.56. The van der Waals surface area contributed by atoms with Gasteiger partial charge in [-0.1, -0.05) is 6.92 Å². The summed E-state index contributed by atoms with van der Waals surface area (Å²) in [5, 5.41) is 7.42. The SMILES string of the molecule is CCSC1CCC(NC(=NC)NCCN2C(=O)CCCC2=O)C1. The van der Waals surface area contributed by atoms with Crippen LogP contribution in [0.2, 0.25) is 0 Å². The molecule has 2 fully saturated rings. The fourth-order valence-corrected chi connectivity index (χ4v) is 4.32. The Labute approximate surface area is 142 Å². The molecule has 1 saturated carbocycles.